The Hall–Kier alpha value is -2.63. The molecular weight excluding hydrogens is 407 g/mol. The lowest BCUT2D eigenvalue weighted by Gasteiger charge is -2.09. The summed E-state index contributed by atoms with van der Waals surface area (Å²) in [7, 11) is -1.54. The predicted molar refractivity (Wildman–Crippen MR) is 89.7 cm³/mol. The molecule has 0 bridgehead atoms. The van der Waals surface area contributed by atoms with Gasteiger partial charge in [0.2, 0.25) is 0 Å². The molecule has 1 atom stereocenters. The van der Waals surface area contributed by atoms with Gasteiger partial charge in [-0.15, -0.1) is 0 Å². The van der Waals surface area contributed by atoms with E-state index in [2.05, 4.69) is 15.0 Å². The molecule has 0 fully saturated rings. The number of alkyl halides is 5. The van der Waals surface area contributed by atoms with Gasteiger partial charge in [-0.25, -0.2) is 23.7 Å². The SMILES string of the molecule is CCS(=O)c1cc(OCC(F)F)cnc1-c1cn2cnc(C(F)(F)F)cc2n1. The normalized spacial score (nSPS) is 13.2. The molecule has 0 N–H and O–H groups in total. The highest BCUT2D eigenvalue weighted by atomic mass is 32.2. The average Bonchev–Trinajstić information content (AvgIpc) is 3.07. The number of imidazole rings is 1. The monoisotopic (exact) mass is 420 g/mol. The van der Waals surface area contributed by atoms with Gasteiger partial charge in [0.15, 0.2) is 0 Å². The molecule has 6 nitrogen and oxygen atoms in total. The summed E-state index contributed by atoms with van der Waals surface area (Å²) in [5.74, 6) is 0.214. The van der Waals surface area contributed by atoms with E-state index in [0.717, 1.165) is 18.6 Å². The van der Waals surface area contributed by atoms with Gasteiger partial charge in [-0.1, -0.05) is 6.92 Å². The van der Waals surface area contributed by atoms with Crippen LogP contribution in [0.1, 0.15) is 12.6 Å². The van der Waals surface area contributed by atoms with E-state index in [1.54, 1.807) is 6.92 Å². The van der Waals surface area contributed by atoms with Crippen LogP contribution in [0, 0.1) is 0 Å². The van der Waals surface area contributed by atoms with E-state index in [1.807, 2.05) is 0 Å². The van der Waals surface area contributed by atoms with E-state index < -0.39 is 35.7 Å². The molecular formula is C16H13F5N4O2S. The zero-order valence-corrected chi connectivity index (χ0v) is 15.1. The van der Waals surface area contributed by atoms with E-state index in [0.29, 0.717) is 0 Å². The molecule has 3 heterocycles. The zero-order chi connectivity index (χ0) is 20.5. The van der Waals surface area contributed by atoms with Gasteiger partial charge in [0.05, 0.1) is 21.9 Å². The molecule has 3 rings (SSSR count). The topological polar surface area (TPSA) is 69.4 Å². The van der Waals surface area contributed by atoms with E-state index in [-0.39, 0.29) is 33.4 Å². The molecule has 0 aliphatic heterocycles. The summed E-state index contributed by atoms with van der Waals surface area (Å²) in [5, 5.41) is 0. The fourth-order valence-corrected chi connectivity index (χ4v) is 3.28. The van der Waals surface area contributed by atoms with Crippen LogP contribution in [-0.2, 0) is 17.0 Å². The van der Waals surface area contributed by atoms with Gasteiger partial charge in [0.25, 0.3) is 6.43 Å². The molecule has 0 saturated carbocycles. The van der Waals surface area contributed by atoms with Crippen molar-refractivity contribution >= 4 is 16.4 Å². The maximum absolute atomic E-state index is 12.8. The van der Waals surface area contributed by atoms with E-state index in [9.17, 15) is 26.2 Å². The molecule has 12 heteroatoms. The molecule has 0 aromatic carbocycles. The average molecular weight is 420 g/mol. The van der Waals surface area contributed by atoms with Crippen LogP contribution in [0.3, 0.4) is 0 Å². The Morgan fingerprint density at radius 3 is 2.64 bits per heavy atom. The van der Waals surface area contributed by atoms with Crippen LogP contribution in [0.2, 0.25) is 0 Å². The summed E-state index contributed by atoms with van der Waals surface area (Å²) in [6.45, 7) is 0.801. The molecule has 3 aromatic rings. The van der Waals surface area contributed by atoms with Crippen molar-refractivity contribution in [3.8, 4) is 17.1 Å². The third-order valence-corrected chi connectivity index (χ3v) is 4.92. The minimum Gasteiger partial charge on any atom is -0.486 e. The fourth-order valence-electron chi connectivity index (χ4n) is 2.35. The maximum atomic E-state index is 12.8. The van der Waals surface area contributed by atoms with Crippen LogP contribution < -0.4 is 4.74 Å². The molecule has 0 amide bonds. The van der Waals surface area contributed by atoms with Gasteiger partial charge < -0.3 is 4.74 Å². The number of halogens is 5. The first-order valence-corrected chi connectivity index (χ1v) is 9.22. The Balaban J connectivity index is 2.05. The highest BCUT2D eigenvalue weighted by molar-refractivity contribution is 7.85. The lowest BCUT2D eigenvalue weighted by molar-refractivity contribution is -0.141. The Bertz CT molecular complexity index is 1020. The third-order valence-electron chi connectivity index (χ3n) is 3.59. The minimum atomic E-state index is -4.62. The Morgan fingerprint density at radius 1 is 1.25 bits per heavy atom. The number of fused-ring (bicyclic) bond motifs is 1. The highest BCUT2D eigenvalue weighted by Crippen LogP contribution is 2.30. The summed E-state index contributed by atoms with van der Waals surface area (Å²) in [4.78, 5) is 11.7. The number of nitrogens with zero attached hydrogens (tertiary/aromatic N) is 4. The summed E-state index contributed by atoms with van der Waals surface area (Å²) < 4.78 is 81.6. The Kier molecular flexibility index (Phi) is 5.59. The molecule has 1 unspecified atom stereocenters. The number of pyridine rings is 1. The van der Waals surface area contributed by atoms with E-state index >= 15 is 0 Å². The quantitative estimate of drug-likeness (QED) is 0.570. The van der Waals surface area contributed by atoms with Crippen molar-refractivity contribution in [1.82, 2.24) is 19.4 Å². The fraction of sp³-hybridized carbons (Fsp3) is 0.312. The van der Waals surface area contributed by atoms with E-state index in [1.165, 1.54) is 16.7 Å². The minimum absolute atomic E-state index is 0.00522. The van der Waals surface area contributed by atoms with Crippen LogP contribution >= 0.6 is 0 Å². The maximum Gasteiger partial charge on any atom is 0.433 e. The standard InChI is InChI=1S/C16H13F5N4O2S/c1-2-28(26)11-3-9(27-7-13(17)18)5-22-15(11)10-6-25-8-23-12(16(19,20)21)4-14(25)24-10/h3-6,8,13H,2,7H2,1H3. The number of aromatic nitrogens is 4. The lowest BCUT2D eigenvalue weighted by Crippen LogP contribution is -2.08. The second kappa shape index (κ2) is 7.78. The van der Waals surface area contributed by atoms with Crippen LogP contribution in [-0.4, -0.2) is 42.3 Å². The molecule has 0 radical (unpaired) electrons. The summed E-state index contributed by atoms with van der Waals surface area (Å²) in [5.41, 5.74) is -0.802. The summed E-state index contributed by atoms with van der Waals surface area (Å²) in [6.07, 6.45) is -3.79. The summed E-state index contributed by atoms with van der Waals surface area (Å²) in [6, 6.07) is 2.09. The second-order valence-electron chi connectivity index (χ2n) is 5.52. The van der Waals surface area contributed by atoms with Crippen molar-refractivity contribution in [3.05, 3.63) is 36.5 Å². The zero-order valence-electron chi connectivity index (χ0n) is 14.3. The number of rotatable bonds is 6. The first kappa shape index (κ1) is 20.1. The van der Waals surface area contributed by atoms with Crippen LogP contribution in [0.25, 0.3) is 17.0 Å². The number of hydrogen-bond acceptors (Lipinski definition) is 5. The first-order chi connectivity index (χ1) is 13.2. The Morgan fingerprint density at radius 2 is 2.00 bits per heavy atom. The molecule has 0 aliphatic carbocycles. The van der Waals surface area contributed by atoms with Gasteiger partial charge in [0, 0.05) is 24.1 Å². The van der Waals surface area contributed by atoms with Gasteiger partial charge in [-0.05, 0) is 0 Å². The largest absolute Gasteiger partial charge is 0.486 e. The van der Waals surface area contributed by atoms with E-state index in [4.69, 9.17) is 4.74 Å². The Labute approximate surface area is 157 Å². The van der Waals surface area contributed by atoms with Crippen molar-refractivity contribution in [3.63, 3.8) is 0 Å². The molecule has 0 aliphatic rings. The second-order valence-corrected chi connectivity index (χ2v) is 7.23. The number of hydrogen-bond donors (Lipinski definition) is 0. The molecule has 28 heavy (non-hydrogen) atoms. The molecule has 0 spiro atoms. The van der Waals surface area contributed by atoms with Crippen LogP contribution in [0.4, 0.5) is 22.0 Å². The van der Waals surface area contributed by atoms with Crippen molar-refractivity contribution in [2.75, 3.05) is 12.4 Å². The first-order valence-electron chi connectivity index (χ1n) is 7.90. The van der Waals surface area contributed by atoms with Crippen molar-refractivity contribution < 1.29 is 30.9 Å². The van der Waals surface area contributed by atoms with Gasteiger partial charge in [-0.2, -0.15) is 13.2 Å². The smallest absolute Gasteiger partial charge is 0.433 e. The lowest BCUT2D eigenvalue weighted by atomic mass is 10.3. The predicted octanol–water partition coefficient (Wildman–Crippen LogP) is 3.58. The van der Waals surface area contributed by atoms with Gasteiger partial charge >= 0.3 is 6.18 Å². The molecule has 3 aromatic heterocycles. The van der Waals surface area contributed by atoms with Crippen molar-refractivity contribution in [1.29, 1.82) is 0 Å². The van der Waals surface area contributed by atoms with Crippen molar-refractivity contribution in [2.24, 2.45) is 0 Å². The number of ether oxygens (including phenoxy) is 1. The van der Waals surface area contributed by atoms with Crippen LogP contribution in [0.5, 0.6) is 5.75 Å². The van der Waals surface area contributed by atoms with Gasteiger partial charge in [0.1, 0.15) is 41.4 Å². The van der Waals surface area contributed by atoms with Gasteiger partial charge in [-0.3, -0.25) is 8.61 Å². The highest BCUT2D eigenvalue weighted by Gasteiger charge is 2.33. The molecule has 0 saturated heterocycles. The summed E-state index contributed by atoms with van der Waals surface area (Å²) >= 11 is 0. The van der Waals surface area contributed by atoms with Crippen molar-refractivity contribution in [2.45, 2.75) is 24.4 Å². The third kappa shape index (κ3) is 4.26. The van der Waals surface area contributed by atoms with Crippen LogP contribution in [0.15, 0.2) is 35.7 Å². The molecule has 150 valence electrons.